The van der Waals surface area contributed by atoms with Gasteiger partial charge in [0, 0.05) is 11.4 Å². The van der Waals surface area contributed by atoms with Crippen molar-refractivity contribution in [3.05, 3.63) is 41.3 Å². The summed E-state index contributed by atoms with van der Waals surface area (Å²) in [5.74, 6) is -1.03. The summed E-state index contributed by atoms with van der Waals surface area (Å²) in [5.41, 5.74) is 0.763. The fourth-order valence-electron chi connectivity index (χ4n) is 1.48. The van der Waals surface area contributed by atoms with Crippen molar-refractivity contribution in [2.75, 3.05) is 0 Å². The van der Waals surface area contributed by atoms with Crippen LogP contribution in [-0.2, 0) is 14.8 Å². The largest absolute Gasteiger partial charge is 0.481 e. The second-order valence-electron chi connectivity index (χ2n) is 4.08. The second-order valence-corrected chi connectivity index (χ2v) is 5.68. The van der Waals surface area contributed by atoms with Crippen molar-refractivity contribution in [2.24, 2.45) is 0 Å². The summed E-state index contributed by atoms with van der Waals surface area (Å²) in [6.07, 6.45) is 1.66. The highest BCUT2D eigenvalue weighted by Crippen LogP contribution is 2.05. The maximum atomic E-state index is 11.8. The van der Waals surface area contributed by atoms with Crippen molar-refractivity contribution in [2.45, 2.75) is 25.8 Å². The molecule has 0 aliphatic rings. The Morgan fingerprint density at radius 1 is 1.37 bits per heavy atom. The molecular weight excluding hydrogens is 266 g/mol. The lowest BCUT2D eigenvalue weighted by molar-refractivity contribution is -0.137. The smallest absolute Gasteiger partial charge is 0.304 e. The van der Waals surface area contributed by atoms with E-state index in [2.05, 4.69) is 4.72 Å². The molecule has 1 unspecified atom stereocenters. The molecule has 0 spiro atoms. The molecule has 6 heteroatoms. The highest BCUT2D eigenvalue weighted by Gasteiger charge is 2.16. The van der Waals surface area contributed by atoms with Gasteiger partial charge in [-0.2, -0.15) is 0 Å². The van der Waals surface area contributed by atoms with Gasteiger partial charge in [-0.05, 0) is 18.1 Å². The minimum atomic E-state index is -3.63. The maximum absolute atomic E-state index is 11.8. The van der Waals surface area contributed by atoms with Crippen molar-refractivity contribution >= 4 is 22.1 Å². The highest BCUT2D eigenvalue weighted by molar-refractivity contribution is 7.92. The van der Waals surface area contributed by atoms with Crippen LogP contribution in [0.1, 0.15) is 25.3 Å². The number of hydrogen-bond donors (Lipinski definition) is 2. The molecule has 0 aliphatic heterocycles. The van der Waals surface area contributed by atoms with Crippen molar-refractivity contribution in [1.82, 2.24) is 4.72 Å². The van der Waals surface area contributed by atoms with E-state index in [1.54, 1.807) is 31.2 Å². The van der Waals surface area contributed by atoms with Crippen LogP contribution in [-0.4, -0.2) is 25.5 Å². The Morgan fingerprint density at radius 3 is 2.53 bits per heavy atom. The summed E-state index contributed by atoms with van der Waals surface area (Å²) in [4.78, 5) is 10.6. The van der Waals surface area contributed by atoms with Crippen molar-refractivity contribution in [1.29, 1.82) is 0 Å². The molecule has 1 aromatic rings. The van der Waals surface area contributed by atoms with Gasteiger partial charge in [-0.3, -0.25) is 4.79 Å². The summed E-state index contributed by atoms with van der Waals surface area (Å²) >= 11 is 0. The maximum Gasteiger partial charge on any atom is 0.304 e. The van der Waals surface area contributed by atoms with Gasteiger partial charge in [-0.25, -0.2) is 13.1 Å². The fourth-order valence-corrected chi connectivity index (χ4v) is 2.61. The number of sulfonamides is 1. The van der Waals surface area contributed by atoms with Gasteiger partial charge in [-0.15, -0.1) is 0 Å². The summed E-state index contributed by atoms with van der Waals surface area (Å²) in [6, 6.07) is 8.41. The van der Waals surface area contributed by atoms with E-state index in [-0.39, 0.29) is 6.42 Å². The Balaban J connectivity index is 2.70. The van der Waals surface area contributed by atoms with Gasteiger partial charge in [0.05, 0.1) is 6.42 Å². The van der Waals surface area contributed by atoms with Crippen LogP contribution in [0.5, 0.6) is 0 Å². The summed E-state index contributed by atoms with van der Waals surface area (Å²) in [6.45, 7) is 1.73. The first-order valence-electron chi connectivity index (χ1n) is 5.90. The van der Waals surface area contributed by atoms with E-state index in [1.165, 1.54) is 6.08 Å². The summed E-state index contributed by atoms with van der Waals surface area (Å²) in [5, 5.41) is 9.72. The molecule has 0 saturated heterocycles. The average molecular weight is 283 g/mol. The monoisotopic (exact) mass is 283 g/mol. The summed E-state index contributed by atoms with van der Waals surface area (Å²) in [7, 11) is -3.63. The standard InChI is InChI=1S/C13H17NO4S/c1-2-12(10-13(15)16)14-19(17,18)9-8-11-6-4-3-5-7-11/h3-9,12,14H,2,10H2,1H3,(H,15,16)/b9-8+. The number of nitrogens with one attached hydrogen (secondary N) is 1. The van der Waals surface area contributed by atoms with Gasteiger partial charge < -0.3 is 5.11 Å². The molecule has 1 atom stereocenters. The molecule has 0 heterocycles. The molecule has 2 N–H and O–H groups in total. The summed E-state index contributed by atoms with van der Waals surface area (Å²) < 4.78 is 25.9. The zero-order valence-electron chi connectivity index (χ0n) is 10.6. The number of rotatable bonds is 7. The van der Waals surface area contributed by atoms with Gasteiger partial charge in [0.2, 0.25) is 10.0 Å². The first kappa shape index (κ1) is 15.4. The zero-order valence-corrected chi connectivity index (χ0v) is 11.4. The first-order valence-corrected chi connectivity index (χ1v) is 7.45. The Morgan fingerprint density at radius 2 is 2.00 bits per heavy atom. The predicted octanol–water partition coefficient (Wildman–Crippen LogP) is 1.83. The number of carboxylic acid groups (broad SMARTS) is 1. The molecule has 0 saturated carbocycles. The zero-order chi connectivity index (χ0) is 14.3. The molecule has 1 aromatic carbocycles. The fraction of sp³-hybridized carbons (Fsp3) is 0.308. The minimum absolute atomic E-state index is 0.227. The lowest BCUT2D eigenvalue weighted by Gasteiger charge is -2.12. The van der Waals surface area contributed by atoms with E-state index in [9.17, 15) is 13.2 Å². The quantitative estimate of drug-likeness (QED) is 0.799. The van der Waals surface area contributed by atoms with Gasteiger partial charge in [0.1, 0.15) is 0 Å². The number of hydrogen-bond acceptors (Lipinski definition) is 3. The molecule has 5 nitrogen and oxygen atoms in total. The van der Waals surface area contributed by atoms with Crippen molar-refractivity contribution in [3.8, 4) is 0 Å². The minimum Gasteiger partial charge on any atom is -0.481 e. The average Bonchev–Trinajstić information content (AvgIpc) is 2.36. The number of aliphatic carboxylic acids is 1. The third kappa shape index (κ3) is 6.17. The first-order chi connectivity index (χ1) is 8.93. The molecule has 19 heavy (non-hydrogen) atoms. The molecular formula is C13H17NO4S. The van der Waals surface area contributed by atoms with Crippen molar-refractivity contribution in [3.63, 3.8) is 0 Å². The normalized spacial score (nSPS) is 13.5. The molecule has 0 aliphatic carbocycles. The van der Waals surface area contributed by atoms with Crippen molar-refractivity contribution < 1.29 is 18.3 Å². The topological polar surface area (TPSA) is 83.5 Å². The van der Waals surface area contributed by atoms with Crippen LogP contribution in [0.4, 0.5) is 0 Å². The van der Waals surface area contributed by atoms with E-state index in [0.717, 1.165) is 11.0 Å². The molecule has 0 bridgehead atoms. The molecule has 0 fully saturated rings. The Labute approximate surface area is 113 Å². The van der Waals surface area contributed by atoms with Crippen LogP contribution < -0.4 is 4.72 Å². The molecule has 0 amide bonds. The molecule has 1 rings (SSSR count). The number of benzene rings is 1. The van der Waals surface area contributed by atoms with Crippen LogP contribution in [0.3, 0.4) is 0 Å². The van der Waals surface area contributed by atoms with Gasteiger partial charge in [0.15, 0.2) is 0 Å². The Bertz CT molecular complexity index is 537. The van der Waals surface area contributed by atoms with Crippen LogP contribution in [0.2, 0.25) is 0 Å². The highest BCUT2D eigenvalue weighted by atomic mass is 32.2. The van der Waals surface area contributed by atoms with E-state index < -0.39 is 22.0 Å². The lowest BCUT2D eigenvalue weighted by atomic mass is 10.2. The van der Waals surface area contributed by atoms with Gasteiger partial charge >= 0.3 is 5.97 Å². The van der Waals surface area contributed by atoms with E-state index in [4.69, 9.17) is 5.11 Å². The van der Waals surface area contributed by atoms with Crippen LogP contribution in [0, 0.1) is 0 Å². The van der Waals surface area contributed by atoms with Gasteiger partial charge in [-0.1, -0.05) is 37.3 Å². The molecule has 0 aromatic heterocycles. The van der Waals surface area contributed by atoms with Crippen LogP contribution in [0.15, 0.2) is 35.7 Å². The van der Waals surface area contributed by atoms with Crippen LogP contribution in [0.25, 0.3) is 6.08 Å². The van der Waals surface area contributed by atoms with E-state index >= 15 is 0 Å². The second kappa shape index (κ2) is 7.06. The number of carboxylic acids is 1. The molecule has 0 radical (unpaired) electrons. The molecule has 104 valence electrons. The van der Waals surface area contributed by atoms with E-state index in [1.807, 2.05) is 6.07 Å². The SMILES string of the molecule is CCC(CC(=O)O)NS(=O)(=O)/C=C/c1ccccc1. The number of carbonyl (C=O) groups is 1. The van der Waals surface area contributed by atoms with Gasteiger partial charge in [0.25, 0.3) is 0 Å². The predicted molar refractivity (Wildman–Crippen MR) is 73.9 cm³/mol. The Hall–Kier alpha value is -1.66. The third-order valence-electron chi connectivity index (χ3n) is 2.48. The Kier molecular flexibility index (Phi) is 5.72. The van der Waals surface area contributed by atoms with E-state index in [0.29, 0.717) is 6.42 Å². The van der Waals surface area contributed by atoms with Crippen LogP contribution >= 0.6 is 0 Å². The lowest BCUT2D eigenvalue weighted by Crippen LogP contribution is -2.34. The third-order valence-corrected chi connectivity index (χ3v) is 3.64.